The van der Waals surface area contributed by atoms with Crippen LogP contribution in [-0.4, -0.2) is 11.4 Å². The van der Waals surface area contributed by atoms with Crippen LogP contribution in [0.1, 0.15) is 25.7 Å². The Hall–Kier alpha value is -1.58. The van der Waals surface area contributed by atoms with Gasteiger partial charge in [-0.05, 0) is 25.0 Å². The van der Waals surface area contributed by atoms with Gasteiger partial charge in [-0.15, -0.1) is 0 Å². The molecule has 2 N–H and O–H groups in total. The first-order valence-corrected chi connectivity index (χ1v) is 5.59. The fourth-order valence-corrected chi connectivity index (χ4v) is 2.62. The summed E-state index contributed by atoms with van der Waals surface area (Å²) in [4.78, 5) is 12.0. The molecule has 3 nitrogen and oxygen atoms in total. The molecule has 0 bridgehead atoms. The molecule has 1 amide bonds. The standard InChI is InChI=1S/C12H13FN2O/c13-8-4-3-5-9-10(8)15-12(11(16)14-9)6-1-2-7-12/h3-5,15H,1-2,6-7H2,(H,14,16). The van der Waals surface area contributed by atoms with E-state index in [0.717, 1.165) is 25.7 Å². The SMILES string of the molecule is O=C1Nc2cccc(F)c2NC12CCCC2. The van der Waals surface area contributed by atoms with Crippen LogP contribution in [0.3, 0.4) is 0 Å². The predicted octanol–water partition coefficient (Wildman–Crippen LogP) is 2.50. The minimum absolute atomic E-state index is 0.0249. The minimum atomic E-state index is -0.574. The summed E-state index contributed by atoms with van der Waals surface area (Å²) >= 11 is 0. The average molecular weight is 220 g/mol. The van der Waals surface area contributed by atoms with Gasteiger partial charge < -0.3 is 10.6 Å². The molecule has 1 spiro atoms. The molecule has 1 heterocycles. The van der Waals surface area contributed by atoms with Crippen molar-refractivity contribution in [1.82, 2.24) is 0 Å². The van der Waals surface area contributed by atoms with Crippen molar-refractivity contribution in [1.29, 1.82) is 0 Å². The van der Waals surface area contributed by atoms with Crippen LogP contribution in [0.2, 0.25) is 0 Å². The van der Waals surface area contributed by atoms with Gasteiger partial charge in [0.25, 0.3) is 0 Å². The smallest absolute Gasteiger partial charge is 0.250 e. The molecule has 2 aliphatic rings. The van der Waals surface area contributed by atoms with Crippen molar-refractivity contribution in [2.24, 2.45) is 0 Å². The van der Waals surface area contributed by atoms with Gasteiger partial charge in [0.2, 0.25) is 5.91 Å². The summed E-state index contributed by atoms with van der Waals surface area (Å²) in [7, 11) is 0. The van der Waals surface area contributed by atoms with Crippen LogP contribution in [0, 0.1) is 5.82 Å². The topological polar surface area (TPSA) is 41.1 Å². The molecule has 1 aliphatic carbocycles. The summed E-state index contributed by atoms with van der Waals surface area (Å²) in [6, 6.07) is 4.72. The van der Waals surface area contributed by atoms with Gasteiger partial charge in [0, 0.05) is 0 Å². The normalized spacial score (nSPS) is 21.4. The summed E-state index contributed by atoms with van der Waals surface area (Å²) in [6.45, 7) is 0. The number of hydrogen-bond acceptors (Lipinski definition) is 2. The quantitative estimate of drug-likeness (QED) is 0.705. The number of anilines is 2. The second-order valence-corrected chi connectivity index (χ2v) is 4.53. The minimum Gasteiger partial charge on any atom is -0.367 e. The van der Waals surface area contributed by atoms with Crippen LogP contribution in [0.4, 0.5) is 15.8 Å². The van der Waals surface area contributed by atoms with E-state index < -0.39 is 5.54 Å². The fourth-order valence-electron chi connectivity index (χ4n) is 2.62. The molecule has 0 radical (unpaired) electrons. The molecule has 3 rings (SSSR count). The summed E-state index contributed by atoms with van der Waals surface area (Å²) in [6.07, 6.45) is 3.60. The molecular weight excluding hydrogens is 207 g/mol. The number of hydrogen-bond donors (Lipinski definition) is 2. The molecule has 0 unspecified atom stereocenters. The highest BCUT2D eigenvalue weighted by Crippen LogP contribution is 2.40. The van der Waals surface area contributed by atoms with Crippen LogP contribution in [-0.2, 0) is 4.79 Å². The number of carbonyl (C=O) groups excluding carboxylic acids is 1. The Bertz CT molecular complexity index is 452. The van der Waals surface area contributed by atoms with Crippen LogP contribution >= 0.6 is 0 Å². The number of halogens is 1. The summed E-state index contributed by atoms with van der Waals surface area (Å²) in [5, 5.41) is 5.90. The highest BCUT2D eigenvalue weighted by molar-refractivity contribution is 6.06. The maximum Gasteiger partial charge on any atom is 0.250 e. The van der Waals surface area contributed by atoms with E-state index in [0.29, 0.717) is 11.4 Å². The van der Waals surface area contributed by atoms with Crippen molar-refractivity contribution < 1.29 is 9.18 Å². The number of para-hydroxylation sites is 1. The molecule has 1 aromatic carbocycles. The molecule has 1 aromatic rings. The third-order valence-corrected chi connectivity index (χ3v) is 3.52. The lowest BCUT2D eigenvalue weighted by molar-refractivity contribution is -0.120. The number of carbonyl (C=O) groups is 1. The van der Waals surface area contributed by atoms with Crippen molar-refractivity contribution in [2.75, 3.05) is 10.6 Å². The van der Waals surface area contributed by atoms with Crippen molar-refractivity contribution in [3.05, 3.63) is 24.0 Å². The largest absolute Gasteiger partial charge is 0.367 e. The molecule has 16 heavy (non-hydrogen) atoms. The first kappa shape index (κ1) is 9.63. The third kappa shape index (κ3) is 1.22. The molecule has 4 heteroatoms. The van der Waals surface area contributed by atoms with Gasteiger partial charge in [0.15, 0.2) is 0 Å². The van der Waals surface area contributed by atoms with Gasteiger partial charge in [-0.2, -0.15) is 0 Å². The van der Waals surface area contributed by atoms with Gasteiger partial charge in [-0.3, -0.25) is 4.79 Å². The highest BCUT2D eigenvalue weighted by Gasteiger charge is 2.44. The molecule has 0 atom stereocenters. The number of fused-ring (bicyclic) bond motifs is 1. The zero-order valence-electron chi connectivity index (χ0n) is 8.85. The predicted molar refractivity (Wildman–Crippen MR) is 59.9 cm³/mol. The molecule has 0 aromatic heterocycles. The van der Waals surface area contributed by atoms with E-state index in [-0.39, 0.29) is 11.7 Å². The van der Waals surface area contributed by atoms with E-state index in [1.54, 1.807) is 12.1 Å². The van der Waals surface area contributed by atoms with Gasteiger partial charge in [-0.25, -0.2) is 4.39 Å². The van der Waals surface area contributed by atoms with E-state index in [2.05, 4.69) is 10.6 Å². The number of nitrogens with one attached hydrogen (secondary N) is 2. The highest BCUT2D eigenvalue weighted by atomic mass is 19.1. The summed E-state index contributed by atoms with van der Waals surface area (Å²) < 4.78 is 13.6. The second-order valence-electron chi connectivity index (χ2n) is 4.53. The fraction of sp³-hybridized carbons (Fsp3) is 0.417. The zero-order chi connectivity index (χ0) is 11.2. The lowest BCUT2D eigenvalue weighted by Gasteiger charge is -2.35. The molecule has 1 saturated carbocycles. The van der Waals surface area contributed by atoms with Gasteiger partial charge >= 0.3 is 0 Å². The number of benzene rings is 1. The van der Waals surface area contributed by atoms with Crippen LogP contribution in [0.5, 0.6) is 0 Å². The van der Waals surface area contributed by atoms with Crippen molar-refractivity contribution in [2.45, 2.75) is 31.2 Å². The van der Waals surface area contributed by atoms with Crippen molar-refractivity contribution in [3.63, 3.8) is 0 Å². The monoisotopic (exact) mass is 220 g/mol. The van der Waals surface area contributed by atoms with Gasteiger partial charge in [0.1, 0.15) is 11.4 Å². The van der Waals surface area contributed by atoms with E-state index in [9.17, 15) is 9.18 Å². The molecular formula is C12H13FN2O. The Morgan fingerprint density at radius 2 is 2.00 bits per heavy atom. The van der Waals surface area contributed by atoms with E-state index in [4.69, 9.17) is 0 Å². The first-order valence-electron chi connectivity index (χ1n) is 5.59. The van der Waals surface area contributed by atoms with E-state index in [1.165, 1.54) is 6.07 Å². The summed E-state index contributed by atoms with van der Waals surface area (Å²) in [5.41, 5.74) is 0.404. The molecule has 0 saturated heterocycles. The number of rotatable bonds is 0. The van der Waals surface area contributed by atoms with E-state index >= 15 is 0 Å². The average Bonchev–Trinajstić information content (AvgIpc) is 2.72. The molecule has 1 aliphatic heterocycles. The maximum atomic E-state index is 13.6. The lowest BCUT2D eigenvalue weighted by Crippen LogP contribution is -2.50. The Morgan fingerprint density at radius 1 is 1.25 bits per heavy atom. The molecule has 1 fully saturated rings. The van der Waals surface area contributed by atoms with Crippen molar-refractivity contribution >= 4 is 17.3 Å². The lowest BCUT2D eigenvalue weighted by atomic mass is 9.93. The Labute approximate surface area is 93.0 Å². The second kappa shape index (κ2) is 3.20. The molecule has 84 valence electrons. The maximum absolute atomic E-state index is 13.6. The Kier molecular flexibility index (Phi) is 1.93. The van der Waals surface area contributed by atoms with Crippen LogP contribution in [0.15, 0.2) is 18.2 Å². The third-order valence-electron chi connectivity index (χ3n) is 3.52. The summed E-state index contributed by atoms with van der Waals surface area (Å²) in [5.74, 6) is -0.327. The van der Waals surface area contributed by atoms with Gasteiger partial charge in [0.05, 0.1) is 11.4 Å². The number of amides is 1. The Morgan fingerprint density at radius 3 is 2.75 bits per heavy atom. The van der Waals surface area contributed by atoms with E-state index in [1.807, 2.05) is 0 Å². The van der Waals surface area contributed by atoms with Crippen LogP contribution in [0.25, 0.3) is 0 Å². The van der Waals surface area contributed by atoms with Gasteiger partial charge in [-0.1, -0.05) is 18.9 Å². The first-order chi connectivity index (χ1) is 7.71. The van der Waals surface area contributed by atoms with Crippen molar-refractivity contribution in [3.8, 4) is 0 Å². The Balaban J connectivity index is 2.06. The van der Waals surface area contributed by atoms with Crippen LogP contribution < -0.4 is 10.6 Å². The zero-order valence-corrected chi connectivity index (χ0v) is 8.85.